The second-order valence-electron chi connectivity index (χ2n) is 5.26. The van der Waals surface area contributed by atoms with Crippen molar-refractivity contribution in [3.05, 3.63) is 25.3 Å². The molecule has 0 aromatic carbocycles. The molecule has 0 spiro atoms. The average molecular weight is 358 g/mol. The summed E-state index contributed by atoms with van der Waals surface area (Å²) < 4.78 is 41.0. The quantitative estimate of drug-likeness (QED) is 0.262. The van der Waals surface area contributed by atoms with Crippen LogP contribution in [-0.4, -0.2) is 16.8 Å². The van der Waals surface area contributed by atoms with Gasteiger partial charge in [0.25, 0.3) is 0 Å². The Morgan fingerprint density at radius 1 is 1.00 bits per heavy atom. The maximum absolute atomic E-state index is 9.75. The van der Waals surface area contributed by atoms with Crippen molar-refractivity contribution in [2.45, 2.75) is 64.7 Å². The van der Waals surface area contributed by atoms with Gasteiger partial charge in [-0.3, -0.25) is 0 Å². The van der Waals surface area contributed by atoms with Gasteiger partial charge in [0.1, 0.15) is 0 Å². The van der Waals surface area contributed by atoms with Crippen molar-refractivity contribution in [1.29, 1.82) is 0 Å². The second-order valence-corrected chi connectivity index (χ2v) is 5.26. The molecule has 136 valence electrons. The first-order chi connectivity index (χ1) is 10.3. The van der Waals surface area contributed by atoms with Crippen molar-refractivity contribution in [2.75, 3.05) is 0 Å². The van der Waals surface area contributed by atoms with E-state index in [0.717, 1.165) is 12.1 Å². The molecule has 0 amide bonds. The number of rotatable bonds is 10. The number of aromatic nitrogens is 2. The van der Waals surface area contributed by atoms with Gasteiger partial charge >= 0.3 is 7.25 Å². The molecular weight excluding hydrogens is 330 g/mol. The van der Waals surface area contributed by atoms with Crippen LogP contribution in [0.5, 0.6) is 0 Å². The summed E-state index contributed by atoms with van der Waals surface area (Å²) in [7, 11) is -6.00. The molecule has 0 aliphatic heterocycles. The monoisotopic (exact) mass is 357 g/mol. The van der Waals surface area contributed by atoms with Gasteiger partial charge in [0.05, 0.1) is 6.33 Å². The highest BCUT2D eigenvalue weighted by Crippen LogP contribution is 2.14. The third-order valence-corrected chi connectivity index (χ3v) is 3.19. The first-order valence-corrected chi connectivity index (χ1v) is 7.88. The zero-order valence-electron chi connectivity index (χ0n) is 13.7. The summed E-state index contributed by atoms with van der Waals surface area (Å²) in [5, 5.41) is 0. The normalized spacial score (nSPS) is 10.5. The van der Waals surface area contributed by atoms with Crippen molar-refractivity contribution >= 4 is 25.4 Å². The van der Waals surface area contributed by atoms with E-state index >= 15 is 0 Å². The van der Waals surface area contributed by atoms with Crippen LogP contribution in [0.2, 0.25) is 0 Å². The molecule has 1 heterocycles. The summed E-state index contributed by atoms with van der Waals surface area (Å²) in [6.07, 6.45) is 17.6. The standard InChI is InChI=1S/C15H26N2.BF4.ClH/c1-3-4-5-6-7-8-9-10-11-15(2)17-13-12-16-14-17;2-1(3,4)5;/h12-14H,2-11H2,1H3;;1H/q;-1;. The highest BCUT2D eigenvalue weighted by molar-refractivity contribution is 6.50. The number of imidazole rings is 1. The molecule has 0 aliphatic rings. The topological polar surface area (TPSA) is 17.8 Å². The lowest BCUT2D eigenvalue weighted by molar-refractivity contribution is 0.368. The van der Waals surface area contributed by atoms with Gasteiger partial charge < -0.3 is 21.8 Å². The van der Waals surface area contributed by atoms with Gasteiger partial charge in [-0.2, -0.15) is 0 Å². The SMILES string of the molecule is C=C(CCCCCCCCCC)n1ccnc1.Cl.F[B-](F)(F)F. The Bertz CT molecular complexity index is 377. The Morgan fingerprint density at radius 3 is 1.91 bits per heavy atom. The molecule has 0 unspecified atom stereocenters. The summed E-state index contributed by atoms with van der Waals surface area (Å²) in [5.41, 5.74) is 1.16. The van der Waals surface area contributed by atoms with E-state index in [1.165, 1.54) is 51.4 Å². The van der Waals surface area contributed by atoms with Gasteiger partial charge in [0, 0.05) is 18.1 Å². The molecule has 0 fully saturated rings. The zero-order chi connectivity index (χ0) is 16.8. The zero-order valence-corrected chi connectivity index (χ0v) is 14.5. The number of nitrogens with zero attached hydrogens (tertiary/aromatic N) is 2. The van der Waals surface area contributed by atoms with E-state index in [-0.39, 0.29) is 12.4 Å². The molecule has 0 bridgehead atoms. The molecule has 0 radical (unpaired) electrons. The van der Waals surface area contributed by atoms with Crippen molar-refractivity contribution in [3.63, 3.8) is 0 Å². The van der Waals surface area contributed by atoms with E-state index in [4.69, 9.17) is 0 Å². The Balaban J connectivity index is 0. The minimum atomic E-state index is -6.00. The maximum Gasteiger partial charge on any atom is 0.673 e. The molecule has 2 nitrogen and oxygen atoms in total. The molecule has 23 heavy (non-hydrogen) atoms. The molecule has 0 saturated heterocycles. The van der Waals surface area contributed by atoms with Crippen LogP contribution in [-0.2, 0) is 0 Å². The first-order valence-electron chi connectivity index (χ1n) is 7.88. The second kappa shape index (κ2) is 14.6. The molecule has 8 heteroatoms. The van der Waals surface area contributed by atoms with Gasteiger partial charge in [0.15, 0.2) is 0 Å². The van der Waals surface area contributed by atoms with Gasteiger partial charge in [-0.05, 0) is 12.8 Å². The van der Waals surface area contributed by atoms with Crippen molar-refractivity contribution < 1.29 is 17.3 Å². The average Bonchev–Trinajstić information content (AvgIpc) is 2.94. The molecule has 0 aliphatic carbocycles. The molecule has 0 saturated carbocycles. The number of hydrogen-bond acceptors (Lipinski definition) is 1. The number of unbranched alkanes of at least 4 members (excludes halogenated alkanes) is 7. The lowest BCUT2D eigenvalue weighted by Gasteiger charge is -2.06. The van der Waals surface area contributed by atoms with E-state index in [1.807, 2.05) is 17.1 Å². The lowest BCUT2D eigenvalue weighted by Crippen LogP contribution is -2.02. The predicted octanol–water partition coefficient (Wildman–Crippen LogP) is 6.61. The summed E-state index contributed by atoms with van der Waals surface area (Å²) in [6.45, 7) is 6.34. The van der Waals surface area contributed by atoms with Gasteiger partial charge in [0.2, 0.25) is 0 Å². The summed E-state index contributed by atoms with van der Waals surface area (Å²) in [5.74, 6) is 0. The smallest absolute Gasteiger partial charge is 0.418 e. The molecule has 1 rings (SSSR count). The Hall–Kier alpha value is -0.975. The summed E-state index contributed by atoms with van der Waals surface area (Å²) >= 11 is 0. The Labute approximate surface area is 142 Å². The fourth-order valence-corrected chi connectivity index (χ4v) is 2.04. The minimum absolute atomic E-state index is 0. The lowest BCUT2D eigenvalue weighted by atomic mass is 10.1. The largest absolute Gasteiger partial charge is 0.673 e. The number of halogens is 5. The van der Waals surface area contributed by atoms with Crippen LogP contribution in [0.1, 0.15) is 64.7 Å². The van der Waals surface area contributed by atoms with Gasteiger partial charge in [-0.1, -0.05) is 58.4 Å². The van der Waals surface area contributed by atoms with E-state index < -0.39 is 7.25 Å². The third-order valence-electron chi connectivity index (χ3n) is 3.19. The number of hydrogen-bond donors (Lipinski definition) is 0. The van der Waals surface area contributed by atoms with Gasteiger partial charge in [-0.25, -0.2) is 4.98 Å². The maximum atomic E-state index is 9.75. The number of allylic oxidation sites excluding steroid dienone is 1. The van der Waals surface area contributed by atoms with E-state index in [2.05, 4.69) is 18.5 Å². The predicted molar refractivity (Wildman–Crippen MR) is 92.2 cm³/mol. The summed E-state index contributed by atoms with van der Waals surface area (Å²) in [6, 6.07) is 0. The Morgan fingerprint density at radius 2 is 1.48 bits per heavy atom. The molecule has 1 aromatic rings. The van der Waals surface area contributed by atoms with Crippen molar-refractivity contribution in [3.8, 4) is 0 Å². The van der Waals surface area contributed by atoms with Crippen molar-refractivity contribution in [1.82, 2.24) is 9.55 Å². The van der Waals surface area contributed by atoms with E-state index in [9.17, 15) is 17.3 Å². The highest BCUT2D eigenvalue weighted by atomic mass is 35.5. The van der Waals surface area contributed by atoms with Crippen LogP contribution in [0.15, 0.2) is 25.3 Å². The first kappa shape index (κ1) is 24.3. The minimum Gasteiger partial charge on any atom is -0.418 e. The van der Waals surface area contributed by atoms with Crippen LogP contribution in [0.4, 0.5) is 17.3 Å². The summed E-state index contributed by atoms with van der Waals surface area (Å²) in [4.78, 5) is 4.03. The van der Waals surface area contributed by atoms with Crippen LogP contribution in [0.3, 0.4) is 0 Å². The fourth-order valence-electron chi connectivity index (χ4n) is 2.04. The van der Waals surface area contributed by atoms with Crippen molar-refractivity contribution in [2.24, 2.45) is 0 Å². The van der Waals surface area contributed by atoms with Crippen LogP contribution >= 0.6 is 12.4 Å². The molecular formula is C15H27BClF4N2-. The molecule has 0 N–H and O–H groups in total. The highest BCUT2D eigenvalue weighted by Gasteiger charge is 2.20. The van der Waals surface area contributed by atoms with Crippen LogP contribution in [0.25, 0.3) is 5.70 Å². The van der Waals surface area contributed by atoms with E-state index in [0.29, 0.717) is 0 Å². The molecule has 1 aromatic heterocycles. The van der Waals surface area contributed by atoms with Gasteiger partial charge in [-0.15, -0.1) is 12.4 Å². The third kappa shape index (κ3) is 19.0. The van der Waals surface area contributed by atoms with Crippen LogP contribution < -0.4 is 0 Å². The fraction of sp³-hybridized carbons (Fsp3) is 0.667. The van der Waals surface area contributed by atoms with E-state index in [1.54, 1.807) is 6.20 Å². The molecule has 0 atom stereocenters. The Kier molecular flexibility index (Phi) is 15.4. The van der Waals surface area contributed by atoms with Crippen LogP contribution in [0, 0.1) is 0 Å².